The lowest BCUT2D eigenvalue weighted by atomic mass is 9.98. The number of fused-ring (bicyclic) bond motifs is 1. The third kappa shape index (κ3) is 7.58. The predicted octanol–water partition coefficient (Wildman–Crippen LogP) is 16.4. The lowest BCUT2D eigenvalue weighted by molar-refractivity contribution is 1.25. The van der Waals surface area contributed by atoms with E-state index in [0.717, 1.165) is 45.3 Å². The van der Waals surface area contributed by atoms with Crippen molar-refractivity contribution in [1.82, 2.24) is 0 Å². The normalized spacial score (nSPS) is 11.0. The van der Waals surface area contributed by atoms with Crippen LogP contribution in [0.4, 0.5) is 34.1 Å². The Labute approximate surface area is 352 Å². The van der Waals surface area contributed by atoms with Crippen LogP contribution in [0.3, 0.4) is 0 Å². The summed E-state index contributed by atoms with van der Waals surface area (Å²) in [6.45, 7) is 0. The van der Waals surface area contributed by atoms with Crippen molar-refractivity contribution in [3.05, 3.63) is 255 Å². The van der Waals surface area contributed by atoms with Gasteiger partial charge in [0.15, 0.2) is 0 Å². The molecular weight excluding hydrogens is 725 g/mol. The van der Waals surface area contributed by atoms with Crippen LogP contribution in [0.15, 0.2) is 255 Å². The summed E-state index contributed by atoms with van der Waals surface area (Å²) < 4.78 is 0. The fraction of sp³-hybridized carbons (Fsp3) is 0. The van der Waals surface area contributed by atoms with Crippen LogP contribution in [0.25, 0.3) is 55.3 Å². The van der Waals surface area contributed by atoms with Crippen molar-refractivity contribution in [2.45, 2.75) is 0 Å². The fourth-order valence-electron chi connectivity index (χ4n) is 8.16. The molecule has 0 aromatic heterocycles. The van der Waals surface area contributed by atoms with E-state index in [9.17, 15) is 0 Å². The maximum absolute atomic E-state index is 2.39. The van der Waals surface area contributed by atoms with Crippen molar-refractivity contribution in [1.29, 1.82) is 0 Å². The second-order valence-corrected chi connectivity index (χ2v) is 15.0. The molecule has 10 rings (SSSR count). The van der Waals surface area contributed by atoms with Gasteiger partial charge in [-0.05, 0) is 128 Å². The van der Waals surface area contributed by atoms with Gasteiger partial charge in [-0.1, -0.05) is 182 Å². The molecule has 0 saturated carbocycles. The molecule has 0 fully saturated rings. The summed E-state index contributed by atoms with van der Waals surface area (Å²) in [5, 5.41) is 2.43. The Balaban J connectivity index is 1.17. The molecule has 10 aromatic carbocycles. The second kappa shape index (κ2) is 16.5. The van der Waals surface area contributed by atoms with Crippen molar-refractivity contribution in [3.8, 4) is 44.5 Å². The molecule has 0 spiro atoms. The van der Waals surface area contributed by atoms with Gasteiger partial charge in [0.05, 0.1) is 0 Å². The van der Waals surface area contributed by atoms with Crippen LogP contribution in [0.1, 0.15) is 0 Å². The van der Waals surface area contributed by atoms with Crippen LogP contribution < -0.4 is 9.80 Å². The Morgan fingerprint density at radius 3 is 0.900 bits per heavy atom. The lowest BCUT2D eigenvalue weighted by Gasteiger charge is -2.30. The van der Waals surface area contributed by atoms with Crippen LogP contribution in [0.2, 0.25) is 0 Å². The molecule has 0 aliphatic heterocycles. The largest absolute Gasteiger partial charge is 0.310 e. The average molecular weight is 767 g/mol. The smallest absolute Gasteiger partial charge is 0.0488 e. The molecule has 0 aliphatic rings. The minimum Gasteiger partial charge on any atom is -0.310 e. The predicted molar refractivity (Wildman–Crippen MR) is 255 cm³/mol. The van der Waals surface area contributed by atoms with E-state index in [-0.39, 0.29) is 0 Å². The molecule has 2 heteroatoms. The minimum atomic E-state index is 1.05. The van der Waals surface area contributed by atoms with E-state index >= 15 is 0 Å². The highest BCUT2D eigenvalue weighted by Gasteiger charge is 2.20. The van der Waals surface area contributed by atoms with Gasteiger partial charge in [0.2, 0.25) is 0 Å². The van der Waals surface area contributed by atoms with E-state index in [1.807, 2.05) is 0 Å². The van der Waals surface area contributed by atoms with Gasteiger partial charge in [0.25, 0.3) is 0 Å². The van der Waals surface area contributed by atoms with Crippen LogP contribution in [0.5, 0.6) is 0 Å². The topological polar surface area (TPSA) is 6.48 Å². The molecule has 60 heavy (non-hydrogen) atoms. The van der Waals surface area contributed by atoms with Gasteiger partial charge in [-0.25, -0.2) is 0 Å². The Bertz CT molecular complexity index is 2900. The van der Waals surface area contributed by atoms with Crippen molar-refractivity contribution >= 4 is 44.9 Å². The van der Waals surface area contributed by atoms with Gasteiger partial charge in [-0.2, -0.15) is 0 Å². The quantitative estimate of drug-likeness (QED) is 0.137. The molecule has 0 aliphatic carbocycles. The number of hydrogen-bond acceptors (Lipinski definition) is 2. The standard InChI is InChI=1S/C58H42N2/c1-5-15-43(16-6-1)47-27-33-54(34-28-47)59(53-23-11-4-12-24-53)57-40-52(51-26-25-46-21-13-14-22-50(46)39-51)41-58(42-57)60(55-35-29-48(30-36-55)44-17-7-2-8-18-44)56-37-31-49(32-38-56)45-19-9-3-10-20-45/h1-42H. The van der Waals surface area contributed by atoms with E-state index in [1.54, 1.807) is 0 Å². The highest BCUT2D eigenvalue weighted by atomic mass is 15.2. The summed E-state index contributed by atoms with van der Waals surface area (Å²) in [6, 6.07) is 91.7. The summed E-state index contributed by atoms with van der Waals surface area (Å²) in [4.78, 5) is 4.76. The van der Waals surface area contributed by atoms with Gasteiger partial charge >= 0.3 is 0 Å². The summed E-state index contributed by atoms with van der Waals surface area (Å²) in [5.41, 5.74) is 15.8. The van der Waals surface area contributed by atoms with Gasteiger partial charge in [0.1, 0.15) is 0 Å². The fourth-order valence-corrected chi connectivity index (χ4v) is 8.16. The lowest BCUT2D eigenvalue weighted by Crippen LogP contribution is -2.13. The molecule has 0 unspecified atom stereocenters. The highest BCUT2D eigenvalue weighted by molar-refractivity contribution is 5.92. The summed E-state index contributed by atoms with van der Waals surface area (Å²) in [7, 11) is 0. The van der Waals surface area contributed by atoms with Crippen LogP contribution in [-0.4, -0.2) is 0 Å². The first-order valence-electron chi connectivity index (χ1n) is 20.5. The third-order valence-corrected chi connectivity index (χ3v) is 11.2. The molecule has 284 valence electrons. The minimum absolute atomic E-state index is 1.05. The van der Waals surface area contributed by atoms with E-state index in [1.165, 1.54) is 44.2 Å². The van der Waals surface area contributed by atoms with Gasteiger partial charge < -0.3 is 9.80 Å². The van der Waals surface area contributed by atoms with Crippen molar-refractivity contribution in [2.75, 3.05) is 9.80 Å². The summed E-state index contributed by atoms with van der Waals surface area (Å²) in [6.07, 6.45) is 0. The maximum atomic E-state index is 2.39. The number of nitrogens with zero attached hydrogens (tertiary/aromatic N) is 2. The molecule has 0 heterocycles. The van der Waals surface area contributed by atoms with Crippen LogP contribution in [0, 0.1) is 0 Å². The maximum Gasteiger partial charge on any atom is 0.0488 e. The monoisotopic (exact) mass is 766 g/mol. The molecule has 0 saturated heterocycles. The second-order valence-electron chi connectivity index (χ2n) is 15.0. The van der Waals surface area contributed by atoms with Crippen LogP contribution in [-0.2, 0) is 0 Å². The zero-order valence-corrected chi connectivity index (χ0v) is 33.1. The number of rotatable bonds is 10. The number of para-hydroxylation sites is 1. The first-order chi connectivity index (χ1) is 29.7. The average Bonchev–Trinajstić information content (AvgIpc) is 3.33. The van der Waals surface area contributed by atoms with Crippen molar-refractivity contribution in [3.63, 3.8) is 0 Å². The van der Waals surface area contributed by atoms with Gasteiger partial charge in [-0.3, -0.25) is 0 Å². The van der Waals surface area contributed by atoms with E-state index < -0.39 is 0 Å². The third-order valence-electron chi connectivity index (χ3n) is 11.2. The van der Waals surface area contributed by atoms with E-state index in [0.29, 0.717) is 0 Å². The molecule has 0 atom stereocenters. The molecule has 2 nitrogen and oxygen atoms in total. The Morgan fingerprint density at radius 1 is 0.167 bits per heavy atom. The SMILES string of the molecule is c1ccc(-c2ccc(N(c3ccccc3)c3cc(-c4ccc5ccccc5c4)cc(N(c4ccc(-c5ccccc5)cc4)c4ccc(-c5ccccc5)cc4)c3)cc2)cc1. The number of benzene rings is 10. The van der Waals surface area contributed by atoms with E-state index in [4.69, 9.17) is 0 Å². The Morgan fingerprint density at radius 2 is 0.483 bits per heavy atom. The first kappa shape index (κ1) is 36.4. The summed E-state index contributed by atoms with van der Waals surface area (Å²) >= 11 is 0. The van der Waals surface area contributed by atoms with E-state index in [2.05, 4.69) is 265 Å². The Hall–Kier alpha value is -7.94. The molecular formula is C58H42N2. The van der Waals surface area contributed by atoms with Gasteiger partial charge in [-0.15, -0.1) is 0 Å². The molecule has 0 radical (unpaired) electrons. The Kier molecular flexibility index (Phi) is 10.0. The van der Waals surface area contributed by atoms with Crippen LogP contribution >= 0.6 is 0 Å². The van der Waals surface area contributed by atoms with Gasteiger partial charge in [0, 0.05) is 34.1 Å². The zero-order valence-electron chi connectivity index (χ0n) is 33.1. The highest BCUT2D eigenvalue weighted by Crippen LogP contribution is 2.44. The zero-order chi connectivity index (χ0) is 40.1. The summed E-state index contributed by atoms with van der Waals surface area (Å²) in [5.74, 6) is 0. The number of anilines is 6. The molecule has 10 aromatic rings. The van der Waals surface area contributed by atoms with Crippen molar-refractivity contribution in [2.24, 2.45) is 0 Å². The molecule has 0 N–H and O–H groups in total. The molecule has 0 bridgehead atoms. The van der Waals surface area contributed by atoms with Crippen molar-refractivity contribution < 1.29 is 0 Å². The number of hydrogen-bond donors (Lipinski definition) is 0. The first-order valence-corrected chi connectivity index (χ1v) is 20.5. The molecule has 0 amide bonds.